The van der Waals surface area contributed by atoms with Gasteiger partial charge < -0.3 is 19.5 Å². The molecule has 1 amide bonds. The lowest BCUT2D eigenvalue weighted by molar-refractivity contribution is -0.129. The summed E-state index contributed by atoms with van der Waals surface area (Å²) >= 11 is 6.09. The lowest BCUT2D eigenvalue weighted by Crippen LogP contribution is -2.35. The number of esters is 1. The Morgan fingerprint density at radius 1 is 1.11 bits per heavy atom. The van der Waals surface area contributed by atoms with Gasteiger partial charge in [-0.1, -0.05) is 41.4 Å². The minimum absolute atomic E-state index is 0.163. The standard InChI is InChI=1S/C20H22ClNO5/c1-12-5-7-14(8-6-12)11-22-19(23)13(2)27-20(24)15-9-16(21)18(26-4)17(10-15)25-3/h5-10,13H,11H2,1-4H3,(H,22,23)/t13-/m0/s1. The van der Waals surface area contributed by atoms with E-state index in [4.69, 9.17) is 25.8 Å². The summed E-state index contributed by atoms with van der Waals surface area (Å²) in [5, 5.41) is 2.95. The van der Waals surface area contributed by atoms with E-state index in [1.54, 1.807) is 0 Å². The number of ether oxygens (including phenoxy) is 3. The van der Waals surface area contributed by atoms with E-state index in [2.05, 4.69) is 5.32 Å². The number of hydrogen-bond donors (Lipinski definition) is 1. The quantitative estimate of drug-likeness (QED) is 0.731. The maximum absolute atomic E-state index is 12.3. The fourth-order valence-electron chi connectivity index (χ4n) is 2.36. The Morgan fingerprint density at radius 3 is 2.37 bits per heavy atom. The van der Waals surface area contributed by atoms with E-state index in [1.165, 1.54) is 33.3 Å². The molecule has 2 aromatic carbocycles. The number of methoxy groups -OCH3 is 2. The number of halogens is 1. The molecule has 0 aromatic heterocycles. The zero-order valence-corrected chi connectivity index (χ0v) is 16.4. The van der Waals surface area contributed by atoms with Crippen LogP contribution in [0.3, 0.4) is 0 Å². The highest BCUT2D eigenvalue weighted by molar-refractivity contribution is 6.32. The summed E-state index contributed by atoms with van der Waals surface area (Å²) in [6, 6.07) is 10.6. The van der Waals surface area contributed by atoms with Crippen LogP contribution in [0.1, 0.15) is 28.4 Å². The summed E-state index contributed by atoms with van der Waals surface area (Å²) in [6.45, 7) is 3.85. The van der Waals surface area contributed by atoms with Crippen molar-refractivity contribution in [2.75, 3.05) is 14.2 Å². The van der Waals surface area contributed by atoms with Crippen LogP contribution < -0.4 is 14.8 Å². The van der Waals surface area contributed by atoms with E-state index in [0.717, 1.165) is 11.1 Å². The lowest BCUT2D eigenvalue weighted by atomic mass is 10.1. The zero-order valence-electron chi connectivity index (χ0n) is 15.7. The van der Waals surface area contributed by atoms with E-state index in [0.29, 0.717) is 18.0 Å². The molecular formula is C20H22ClNO5. The minimum atomic E-state index is -0.963. The highest BCUT2D eigenvalue weighted by atomic mass is 35.5. The number of hydrogen-bond acceptors (Lipinski definition) is 5. The molecule has 2 aromatic rings. The predicted molar refractivity (Wildman–Crippen MR) is 102 cm³/mol. The third-order valence-electron chi connectivity index (χ3n) is 3.91. The van der Waals surface area contributed by atoms with Gasteiger partial charge in [-0.05, 0) is 31.5 Å². The number of amides is 1. The number of benzene rings is 2. The van der Waals surface area contributed by atoms with Crippen LogP contribution in [0.4, 0.5) is 0 Å². The minimum Gasteiger partial charge on any atom is -0.493 e. The van der Waals surface area contributed by atoms with Gasteiger partial charge in [0.05, 0.1) is 24.8 Å². The van der Waals surface area contributed by atoms with Crippen molar-refractivity contribution in [1.82, 2.24) is 5.32 Å². The van der Waals surface area contributed by atoms with Crippen molar-refractivity contribution in [3.63, 3.8) is 0 Å². The van der Waals surface area contributed by atoms with Crippen LogP contribution in [0.2, 0.25) is 5.02 Å². The predicted octanol–water partition coefficient (Wildman–Crippen LogP) is 3.53. The van der Waals surface area contributed by atoms with Crippen molar-refractivity contribution in [2.24, 2.45) is 0 Å². The van der Waals surface area contributed by atoms with Crippen LogP contribution in [-0.4, -0.2) is 32.2 Å². The molecule has 144 valence electrons. The van der Waals surface area contributed by atoms with E-state index in [9.17, 15) is 9.59 Å². The summed E-state index contributed by atoms with van der Waals surface area (Å²) in [4.78, 5) is 24.5. The maximum Gasteiger partial charge on any atom is 0.339 e. The average molecular weight is 392 g/mol. The number of rotatable bonds is 7. The monoisotopic (exact) mass is 391 g/mol. The van der Waals surface area contributed by atoms with Crippen LogP contribution in [0.5, 0.6) is 11.5 Å². The molecular weight excluding hydrogens is 370 g/mol. The molecule has 0 aliphatic rings. The highest BCUT2D eigenvalue weighted by Crippen LogP contribution is 2.36. The summed E-state index contributed by atoms with van der Waals surface area (Å²) in [5.74, 6) is -0.459. The molecule has 27 heavy (non-hydrogen) atoms. The summed E-state index contributed by atoms with van der Waals surface area (Å²) < 4.78 is 15.5. The van der Waals surface area contributed by atoms with Gasteiger partial charge in [-0.2, -0.15) is 0 Å². The molecule has 0 bridgehead atoms. The molecule has 6 nitrogen and oxygen atoms in total. The molecule has 0 aliphatic carbocycles. The number of nitrogens with one attached hydrogen (secondary N) is 1. The molecule has 0 radical (unpaired) electrons. The van der Waals surface area contributed by atoms with Crippen molar-refractivity contribution >= 4 is 23.5 Å². The fourth-order valence-corrected chi connectivity index (χ4v) is 2.64. The first-order valence-electron chi connectivity index (χ1n) is 8.31. The number of carbonyl (C=O) groups excluding carboxylic acids is 2. The molecule has 0 saturated heterocycles. The highest BCUT2D eigenvalue weighted by Gasteiger charge is 2.21. The van der Waals surface area contributed by atoms with Crippen LogP contribution in [-0.2, 0) is 16.1 Å². The Balaban J connectivity index is 1.99. The van der Waals surface area contributed by atoms with Gasteiger partial charge in [-0.15, -0.1) is 0 Å². The molecule has 2 rings (SSSR count). The summed E-state index contributed by atoms with van der Waals surface area (Å²) in [7, 11) is 2.88. The normalized spacial score (nSPS) is 11.4. The van der Waals surface area contributed by atoms with Gasteiger partial charge in [0, 0.05) is 6.54 Å². The largest absolute Gasteiger partial charge is 0.493 e. The average Bonchev–Trinajstić information content (AvgIpc) is 2.66. The Labute approximate surface area is 163 Å². The van der Waals surface area contributed by atoms with Gasteiger partial charge in [0.25, 0.3) is 5.91 Å². The molecule has 0 spiro atoms. The fraction of sp³-hybridized carbons (Fsp3) is 0.300. The third-order valence-corrected chi connectivity index (χ3v) is 4.19. The van der Waals surface area contributed by atoms with E-state index in [1.807, 2.05) is 31.2 Å². The van der Waals surface area contributed by atoms with Crippen molar-refractivity contribution in [1.29, 1.82) is 0 Å². The first kappa shape index (κ1) is 20.6. The van der Waals surface area contributed by atoms with Crippen LogP contribution in [0, 0.1) is 6.92 Å². The van der Waals surface area contributed by atoms with Crippen molar-refractivity contribution < 1.29 is 23.8 Å². The van der Waals surface area contributed by atoms with Crippen molar-refractivity contribution in [2.45, 2.75) is 26.5 Å². The molecule has 7 heteroatoms. The molecule has 0 unspecified atom stereocenters. The Morgan fingerprint density at radius 2 is 1.78 bits per heavy atom. The first-order valence-corrected chi connectivity index (χ1v) is 8.69. The molecule has 0 saturated carbocycles. The Hall–Kier alpha value is -2.73. The third kappa shape index (κ3) is 5.37. The van der Waals surface area contributed by atoms with Gasteiger partial charge in [0.15, 0.2) is 17.6 Å². The van der Waals surface area contributed by atoms with Crippen molar-refractivity contribution in [3.8, 4) is 11.5 Å². The number of carbonyl (C=O) groups is 2. The Bertz CT molecular complexity index is 820. The molecule has 1 atom stereocenters. The molecule has 1 N–H and O–H groups in total. The lowest BCUT2D eigenvalue weighted by Gasteiger charge is -2.15. The van der Waals surface area contributed by atoms with Gasteiger partial charge in [0.2, 0.25) is 0 Å². The number of aryl methyl sites for hydroxylation is 1. The summed E-state index contributed by atoms with van der Waals surface area (Å²) in [6.07, 6.45) is -0.963. The van der Waals surface area contributed by atoms with Gasteiger partial charge in [0.1, 0.15) is 0 Å². The van der Waals surface area contributed by atoms with E-state index in [-0.39, 0.29) is 10.6 Å². The summed E-state index contributed by atoms with van der Waals surface area (Å²) in [5.41, 5.74) is 2.26. The van der Waals surface area contributed by atoms with Gasteiger partial charge in [-0.25, -0.2) is 4.79 Å². The van der Waals surface area contributed by atoms with E-state index < -0.39 is 18.0 Å². The maximum atomic E-state index is 12.3. The Kier molecular flexibility index (Phi) is 7.07. The second-order valence-electron chi connectivity index (χ2n) is 5.94. The SMILES string of the molecule is COc1cc(C(=O)O[C@@H](C)C(=O)NCc2ccc(C)cc2)cc(Cl)c1OC. The second kappa shape index (κ2) is 9.28. The van der Waals surface area contributed by atoms with Gasteiger partial charge >= 0.3 is 5.97 Å². The molecule has 0 fully saturated rings. The van der Waals surface area contributed by atoms with Crippen LogP contribution >= 0.6 is 11.6 Å². The first-order chi connectivity index (χ1) is 12.8. The zero-order chi connectivity index (χ0) is 20.0. The van der Waals surface area contributed by atoms with E-state index >= 15 is 0 Å². The molecule has 0 heterocycles. The smallest absolute Gasteiger partial charge is 0.339 e. The molecule has 0 aliphatic heterocycles. The van der Waals surface area contributed by atoms with Gasteiger partial charge in [-0.3, -0.25) is 4.79 Å². The van der Waals surface area contributed by atoms with Crippen LogP contribution in [0.15, 0.2) is 36.4 Å². The topological polar surface area (TPSA) is 73.9 Å². The second-order valence-corrected chi connectivity index (χ2v) is 6.35. The van der Waals surface area contributed by atoms with Crippen LogP contribution in [0.25, 0.3) is 0 Å². The van der Waals surface area contributed by atoms with Crippen molar-refractivity contribution in [3.05, 3.63) is 58.1 Å².